The highest BCUT2D eigenvalue weighted by atomic mass is 16.5. The maximum Gasteiger partial charge on any atom is 0.196 e. The fourth-order valence-corrected chi connectivity index (χ4v) is 3.60. The summed E-state index contributed by atoms with van der Waals surface area (Å²) >= 11 is 0. The molecule has 2 aliphatic heterocycles. The van der Waals surface area contributed by atoms with E-state index in [2.05, 4.69) is 71.0 Å². The molecule has 0 amide bonds. The van der Waals surface area contributed by atoms with Crippen molar-refractivity contribution < 1.29 is 4.74 Å². The van der Waals surface area contributed by atoms with Gasteiger partial charge in [0.25, 0.3) is 0 Å². The number of likely N-dealkylation sites (tertiary alicyclic amines) is 1. The lowest BCUT2D eigenvalue weighted by atomic mass is 10.1. The number of fused-ring (bicyclic) bond motifs is 1. The maximum atomic E-state index is 6.05. The molecule has 2 atom stereocenters. The fraction of sp³-hybridized carbons (Fsp3) is 0.611. The van der Waals surface area contributed by atoms with Crippen LogP contribution in [0.15, 0.2) is 35.3 Å². The topological polar surface area (TPSA) is 31.3 Å². The molecule has 0 N–H and O–H groups in total. The molecule has 2 heterocycles. The number of guanidine groups is 1. The van der Waals surface area contributed by atoms with Crippen molar-refractivity contribution >= 4 is 5.96 Å². The highest BCUT2D eigenvalue weighted by Crippen LogP contribution is 2.25. The maximum absolute atomic E-state index is 6.05. The number of ether oxygens (including phenoxy) is 1. The van der Waals surface area contributed by atoms with Crippen LogP contribution in [0.4, 0.5) is 0 Å². The van der Waals surface area contributed by atoms with Crippen LogP contribution in [0, 0.1) is 0 Å². The van der Waals surface area contributed by atoms with Gasteiger partial charge >= 0.3 is 0 Å². The predicted molar refractivity (Wildman–Crippen MR) is 93.6 cm³/mol. The third-order valence-electron chi connectivity index (χ3n) is 4.63. The zero-order chi connectivity index (χ0) is 16.2. The second-order valence-electron chi connectivity index (χ2n) is 6.51. The standard InChI is InChI=1S/C18H28N4O/c1-4-19-18(20(2)3)22-13-16-17(14-22)23-11-10-21(16)12-15-8-6-5-7-9-15/h5-9,16-17H,4,10-14H2,1-3H3. The Balaban J connectivity index is 1.71. The van der Waals surface area contributed by atoms with Gasteiger partial charge in [0.15, 0.2) is 5.96 Å². The molecule has 2 unspecified atom stereocenters. The number of morpholine rings is 1. The summed E-state index contributed by atoms with van der Waals surface area (Å²) in [5.74, 6) is 1.07. The molecule has 0 spiro atoms. The summed E-state index contributed by atoms with van der Waals surface area (Å²) in [5.41, 5.74) is 1.38. The molecule has 1 aromatic carbocycles. The highest BCUT2D eigenvalue weighted by molar-refractivity contribution is 5.80. The Kier molecular flexibility index (Phi) is 5.18. The van der Waals surface area contributed by atoms with Crippen LogP contribution in [-0.4, -0.2) is 79.7 Å². The van der Waals surface area contributed by atoms with Gasteiger partial charge in [-0.2, -0.15) is 0 Å². The Morgan fingerprint density at radius 1 is 1.26 bits per heavy atom. The van der Waals surface area contributed by atoms with E-state index in [4.69, 9.17) is 4.74 Å². The largest absolute Gasteiger partial charge is 0.373 e. The molecule has 23 heavy (non-hydrogen) atoms. The van der Waals surface area contributed by atoms with E-state index in [0.29, 0.717) is 6.04 Å². The van der Waals surface area contributed by atoms with Crippen molar-refractivity contribution in [2.45, 2.75) is 25.6 Å². The normalized spacial score (nSPS) is 25.5. The van der Waals surface area contributed by atoms with Crippen LogP contribution in [0.25, 0.3) is 0 Å². The van der Waals surface area contributed by atoms with Crippen molar-refractivity contribution in [3.05, 3.63) is 35.9 Å². The first-order valence-corrected chi connectivity index (χ1v) is 8.55. The Morgan fingerprint density at radius 2 is 2.04 bits per heavy atom. The van der Waals surface area contributed by atoms with Crippen LogP contribution < -0.4 is 0 Å². The molecule has 0 bridgehead atoms. The molecule has 2 saturated heterocycles. The second-order valence-corrected chi connectivity index (χ2v) is 6.51. The van der Waals surface area contributed by atoms with E-state index < -0.39 is 0 Å². The van der Waals surface area contributed by atoms with Gasteiger partial charge in [0.1, 0.15) is 0 Å². The minimum absolute atomic E-state index is 0.287. The van der Waals surface area contributed by atoms with Crippen molar-refractivity contribution in [3.8, 4) is 0 Å². The van der Waals surface area contributed by atoms with Crippen molar-refractivity contribution in [1.29, 1.82) is 0 Å². The SMILES string of the molecule is CCN=C(N(C)C)N1CC2OCCN(Cc3ccccc3)C2C1. The summed E-state index contributed by atoms with van der Waals surface area (Å²) < 4.78 is 6.05. The summed E-state index contributed by atoms with van der Waals surface area (Å²) in [4.78, 5) is 11.7. The van der Waals surface area contributed by atoms with Gasteiger partial charge in [0.05, 0.1) is 18.8 Å². The van der Waals surface area contributed by atoms with E-state index >= 15 is 0 Å². The number of nitrogens with zero attached hydrogens (tertiary/aromatic N) is 4. The van der Waals surface area contributed by atoms with Crippen molar-refractivity contribution in [1.82, 2.24) is 14.7 Å². The lowest BCUT2D eigenvalue weighted by Gasteiger charge is -2.36. The molecule has 5 nitrogen and oxygen atoms in total. The molecule has 126 valence electrons. The van der Waals surface area contributed by atoms with Gasteiger partial charge in [-0.1, -0.05) is 30.3 Å². The summed E-state index contributed by atoms with van der Waals surface area (Å²) in [5, 5.41) is 0. The van der Waals surface area contributed by atoms with Crippen LogP contribution in [-0.2, 0) is 11.3 Å². The quantitative estimate of drug-likeness (QED) is 0.625. The summed E-state index contributed by atoms with van der Waals surface area (Å²) in [6.07, 6.45) is 0.287. The third kappa shape index (κ3) is 3.67. The average molecular weight is 316 g/mol. The molecule has 3 rings (SSSR count). The van der Waals surface area contributed by atoms with E-state index in [-0.39, 0.29) is 6.10 Å². The van der Waals surface area contributed by atoms with E-state index in [9.17, 15) is 0 Å². The van der Waals surface area contributed by atoms with E-state index in [1.807, 2.05) is 0 Å². The van der Waals surface area contributed by atoms with Crippen LogP contribution >= 0.6 is 0 Å². The summed E-state index contributed by atoms with van der Waals surface area (Å²) in [6, 6.07) is 11.2. The Bertz CT molecular complexity index is 531. The first kappa shape index (κ1) is 16.3. The average Bonchev–Trinajstić information content (AvgIpc) is 2.98. The molecular formula is C18H28N4O. The van der Waals surface area contributed by atoms with Crippen LogP contribution in [0.3, 0.4) is 0 Å². The number of hydrogen-bond donors (Lipinski definition) is 0. The van der Waals surface area contributed by atoms with Gasteiger partial charge < -0.3 is 14.5 Å². The van der Waals surface area contributed by atoms with Gasteiger partial charge in [-0.05, 0) is 12.5 Å². The minimum Gasteiger partial charge on any atom is -0.373 e. The van der Waals surface area contributed by atoms with Crippen LogP contribution in [0.2, 0.25) is 0 Å². The first-order valence-electron chi connectivity index (χ1n) is 8.55. The molecule has 1 aromatic rings. The van der Waals surface area contributed by atoms with Gasteiger partial charge in [0.2, 0.25) is 0 Å². The monoisotopic (exact) mass is 316 g/mol. The second kappa shape index (κ2) is 7.32. The molecule has 0 radical (unpaired) electrons. The summed E-state index contributed by atoms with van der Waals surface area (Å²) in [7, 11) is 4.14. The van der Waals surface area contributed by atoms with Crippen LogP contribution in [0.5, 0.6) is 0 Å². The number of rotatable bonds is 3. The van der Waals surface area contributed by atoms with Crippen molar-refractivity contribution in [2.24, 2.45) is 4.99 Å². The number of aliphatic imine (C=N–C) groups is 1. The molecule has 2 fully saturated rings. The minimum atomic E-state index is 0.287. The van der Waals surface area contributed by atoms with Crippen molar-refractivity contribution in [3.63, 3.8) is 0 Å². The third-order valence-corrected chi connectivity index (χ3v) is 4.63. The molecule has 5 heteroatoms. The first-order chi connectivity index (χ1) is 11.2. The van der Waals surface area contributed by atoms with E-state index in [1.54, 1.807) is 0 Å². The smallest absolute Gasteiger partial charge is 0.196 e. The van der Waals surface area contributed by atoms with Gasteiger partial charge in [-0.3, -0.25) is 9.89 Å². The number of hydrogen-bond acceptors (Lipinski definition) is 3. The van der Waals surface area contributed by atoms with Gasteiger partial charge in [-0.15, -0.1) is 0 Å². The van der Waals surface area contributed by atoms with E-state index in [1.165, 1.54) is 5.56 Å². The van der Waals surface area contributed by atoms with Crippen LogP contribution in [0.1, 0.15) is 12.5 Å². The lowest BCUT2D eigenvalue weighted by molar-refractivity contribution is -0.0502. The zero-order valence-corrected chi connectivity index (χ0v) is 14.5. The lowest BCUT2D eigenvalue weighted by Crippen LogP contribution is -2.50. The zero-order valence-electron chi connectivity index (χ0n) is 14.5. The van der Waals surface area contributed by atoms with Crippen molar-refractivity contribution in [2.75, 3.05) is 46.9 Å². The Morgan fingerprint density at radius 3 is 2.74 bits per heavy atom. The number of benzene rings is 1. The molecule has 2 aliphatic rings. The van der Waals surface area contributed by atoms with Gasteiger partial charge in [-0.25, -0.2) is 0 Å². The molecule has 0 aromatic heterocycles. The molecule has 0 saturated carbocycles. The fourth-order valence-electron chi connectivity index (χ4n) is 3.60. The van der Waals surface area contributed by atoms with E-state index in [0.717, 1.165) is 45.3 Å². The Labute approximate surface area is 139 Å². The highest BCUT2D eigenvalue weighted by Gasteiger charge is 2.41. The molecular weight excluding hydrogens is 288 g/mol. The summed E-state index contributed by atoms with van der Waals surface area (Å²) in [6.45, 7) is 7.66. The molecule has 0 aliphatic carbocycles. The predicted octanol–water partition coefficient (Wildman–Crippen LogP) is 1.51. The van der Waals surface area contributed by atoms with Gasteiger partial charge in [0, 0.05) is 46.8 Å². The Hall–Kier alpha value is -1.59.